The summed E-state index contributed by atoms with van der Waals surface area (Å²) in [6.07, 6.45) is 4.68. The third-order valence-corrected chi connectivity index (χ3v) is 5.73. The lowest BCUT2D eigenvalue weighted by atomic mass is 9.93. The quantitative estimate of drug-likeness (QED) is 0.614. The van der Waals surface area contributed by atoms with Crippen LogP contribution in [0.5, 0.6) is 0 Å². The maximum Gasteiger partial charge on any atom is 0.327 e. The van der Waals surface area contributed by atoms with E-state index in [-0.39, 0.29) is 36.9 Å². The predicted molar refractivity (Wildman–Crippen MR) is 121 cm³/mol. The summed E-state index contributed by atoms with van der Waals surface area (Å²) < 4.78 is 0. The maximum absolute atomic E-state index is 13.3. The van der Waals surface area contributed by atoms with E-state index in [1.165, 1.54) is 16.7 Å². The highest BCUT2D eigenvalue weighted by molar-refractivity contribution is 6.03. The van der Waals surface area contributed by atoms with Crippen molar-refractivity contribution in [1.82, 2.24) is 20.1 Å². The Bertz CT molecular complexity index is 1040. The summed E-state index contributed by atoms with van der Waals surface area (Å²) in [5.41, 5.74) is 1.94. The molecule has 2 fully saturated rings. The third kappa shape index (κ3) is 5.17. The number of hydrogen-bond donors (Lipinski definition) is 3. The molecule has 2 unspecified atom stereocenters. The van der Waals surface area contributed by atoms with Crippen molar-refractivity contribution in [2.24, 2.45) is 0 Å². The van der Waals surface area contributed by atoms with Crippen molar-refractivity contribution in [3.8, 4) is 0 Å². The molecular formula is C23H26N6O4. The van der Waals surface area contributed by atoms with Crippen LogP contribution in [0.15, 0.2) is 48.8 Å². The Kier molecular flexibility index (Phi) is 6.64. The number of aromatic nitrogens is 1. The summed E-state index contributed by atoms with van der Waals surface area (Å²) in [5.74, 6) is -0.818. The summed E-state index contributed by atoms with van der Waals surface area (Å²) >= 11 is 0. The van der Waals surface area contributed by atoms with Crippen LogP contribution < -0.4 is 16.0 Å². The molecule has 0 aliphatic carbocycles. The first-order valence-electron chi connectivity index (χ1n) is 10.8. The Morgan fingerprint density at radius 1 is 1.06 bits per heavy atom. The van der Waals surface area contributed by atoms with Crippen molar-refractivity contribution in [2.75, 3.05) is 23.7 Å². The van der Waals surface area contributed by atoms with Crippen LogP contribution in [0.3, 0.4) is 0 Å². The fourth-order valence-electron chi connectivity index (χ4n) is 4.21. The second-order valence-corrected chi connectivity index (χ2v) is 8.14. The van der Waals surface area contributed by atoms with E-state index in [0.29, 0.717) is 24.3 Å². The van der Waals surface area contributed by atoms with Crippen molar-refractivity contribution in [1.29, 1.82) is 0 Å². The average molecular weight is 450 g/mol. The van der Waals surface area contributed by atoms with Crippen molar-refractivity contribution in [3.05, 3.63) is 54.4 Å². The van der Waals surface area contributed by atoms with Gasteiger partial charge in [-0.3, -0.25) is 24.3 Å². The lowest BCUT2D eigenvalue weighted by Crippen LogP contribution is -2.70. The highest BCUT2D eigenvalue weighted by Crippen LogP contribution is 2.26. The van der Waals surface area contributed by atoms with Gasteiger partial charge in [0.15, 0.2) is 0 Å². The minimum absolute atomic E-state index is 0.119. The number of piperidine rings is 1. The predicted octanol–water partition coefficient (Wildman–Crippen LogP) is 1.56. The molecule has 2 aliphatic heterocycles. The van der Waals surface area contributed by atoms with E-state index < -0.39 is 12.1 Å². The second-order valence-electron chi connectivity index (χ2n) is 8.14. The van der Waals surface area contributed by atoms with E-state index in [1.807, 2.05) is 0 Å². The van der Waals surface area contributed by atoms with Gasteiger partial charge >= 0.3 is 6.03 Å². The van der Waals surface area contributed by atoms with Gasteiger partial charge in [0.2, 0.25) is 17.7 Å². The van der Waals surface area contributed by atoms with Crippen LogP contribution in [0.2, 0.25) is 0 Å². The minimum atomic E-state index is -0.539. The number of rotatable bonds is 6. The van der Waals surface area contributed by atoms with E-state index >= 15 is 0 Å². The van der Waals surface area contributed by atoms with Gasteiger partial charge in [-0.05, 0) is 61.3 Å². The number of nitrogens with zero attached hydrogens (tertiary/aromatic N) is 3. The normalized spacial score (nSPS) is 20.3. The number of imide groups is 1. The van der Waals surface area contributed by atoms with Gasteiger partial charge in [0, 0.05) is 30.7 Å². The van der Waals surface area contributed by atoms with Crippen LogP contribution in [-0.2, 0) is 20.9 Å². The van der Waals surface area contributed by atoms with E-state index in [4.69, 9.17) is 0 Å². The van der Waals surface area contributed by atoms with Crippen LogP contribution in [0.1, 0.15) is 25.3 Å². The number of urea groups is 1. The van der Waals surface area contributed by atoms with Gasteiger partial charge in [0.25, 0.3) is 0 Å². The molecule has 4 rings (SSSR count). The first kappa shape index (κ1) is 22.4. The number of fused-ring (bicyclic) bond motifs is 1. The summed E-state index contributed by atoms with van der Waals surface area (Å²) in [4.78, 5) is 57.0. The summed E-state index contributed by atoms with van der Waals surface area (Å²) in [6, 6.07) is 8.82. The average Bonchev–Trinajstić information content (AvgIpc) is 2.81. The molecule has 5 amide bonds. The smallest absolute Gasteiger partial charge is 0.326 e. The van der Waals surface area contributed by atoms with E-state index in [0.717, 1.165) is 12.0 Å². The van der Waals surface area contributed by atoms with E-state index in [2.05, 4.69) is 20.9 Å². The fourth-order valence-corrected chi connectivity index (χ4v) is 4.21. The number of benzene rings is 1. The van der Waals surface area contributed by atoms with Gasteiger partial charge in [-0.15, -0.1) is 0 Å². The van der Waals surface area contributed by atoms with Crippen LogP contribution in [0.25, 0.3) is 0 Å². The van der Waals surface area contributed by atoms with Crippen LogP contribution in [0.4, 0.5) is 16.2 Å². The van der Waals surface area contributed by atoms with Crippen molar-refractivity contribution >= 4 is 35.1 Å². The van der Waals surface area contributed by atoms with Crippen LogP contribution in [-0.4, -0.2) is 63.7 Å². The fraction of sp³-hybridized carbons (Fsp3) is 0.348. The molecule has 2 atom stereocenters. The zero-order valence-electron chi connectivity index (χ0n) is 18.3. The first-order valence-corrected chi connectivity index (χ1v) is 10.8. The monoisotopic (exact) mass is 450 g/mol. The Labute approximate surface area is 191 Å². The highest BCUT2D eigenvalue weighted by atomic mass is 16.2. The Morgan fingerprint density at radius 3 is 2.39 bits per heavy atom. The Balaban J connectivity index is 1.48. The van der Waals surface area contributed by atoms with Gasteiger partial charge in [-0.1, -0.05) is 0 Å². The summed E-state index contributed by atoms with van der Waals surface area (Å²) in [7, 11) is 0. The number of nitrogens with one attached hydrogen (secondary N) is 3. The molecule has 3 N–H and O–H groups in total. The molecule has 0 spiro atoms. The SMILES string of the molecule is CC(=O)Nc1ccc(NC(=O)CN2C(=O)N(Cc3ccncc3)C(=O)C3NCCCC32)cc1. The lowest BCUT2D eigenvalue weighted by molar-refractivity contribution is -0.138. The third-order valence-electron chi connectivity index (χ3n) is 5.73. The molecule has 0 saturated carbocycles. The van der Waals surface area contributed by atoms with Crippen LogP contribution in [0, 0.1) is 0 Å². The van der Waals surface area contributed by atoms with Gasteiger partial charge < -0.3 is 20.9 Å². The van der Waals surface area contributed by atoms with Gasteiger partial charge in [-0.25, -0.2) is 4.79 Å². The van der Waals surface area contributed by atoms with Gasteiger partial charge in [-0.2, -0.15) is 0 Å². The van der Waals surface area contributed by atoms with Crippen molar-refractivity contribution in [3.63, 3.8) is 0 Å². The number of anilines is 2. The van der Waals surface area contributed by atoms with Gasteiger partial charge in [0.1, 0.15) is 12.6 Å². The topological polar surface area (TPSA) is 124 Å². The van der Waals surface area contributed by atoms with E-state index in [1.54, 1.807) is 48.8 Å². The molecular weight excluding hydrogens is 424 g/mol. The zero-order chi connectivity index (χ0) is 23.4. The molecule has 172 valence electrons. The highest BCUT2D eigenvalue weighted by Gasteiger charge is 2.47. The van der Waals surface area contributed by atoms with Gasteiger partial charge in [0.05, 0.1) is 12.6 Å². The number of pyridine rings is 1. The summed E-state index contributed by atoms with van der Waals surface area (Å²) in [6.45, 7) is 2.05. The van der Waals surface area contributed by atoms with Crippen LogP contribution >= 0.6 is 0 Å². The standard InChI is InChI=1S/C23H26N6O4/c1-15(30)26-17-4-6-18(7-5-17)27-20(31)14-28-19-3-2-10-25-21(19)22(32)29(23(28)33)13-16-8-11-24-12-9-16/h4-9,11-12,19,21,25H,2-3,10,13-14H2,1H3,(H,26,30)(H,27,31). The summed E-state index contributed by atoms with van der Waals surface area (Å²) in [5, 5.41) is 8.67. The molecule has 1 aromatic carbocycles. The Hall–Kier alpha value is -3.79. The van der Waals surface area contributed by atoms with Crippen molar-refractivity contribution < 1.29 is 19.2 Å². The first-order chi connectivity index (χ1) is 15.9. The molecule has 2 saturated heterocycles. The molecule has 0 radical (unpaired) electrons. The number of amides is 5. The van der Waals surface area contributed by atoms with E-state index in [9.17, 15) is 19.2 Å². The molecule has 3 heterocycles. The number of hydrogen-bond acceptors (Lipinski definition) is 6. The molecule has 0 bridgehead atoms. The largest absolute Gasteiger partial charge is 0.327 e. The maximum atomic E-state index is 13.3. The Morgan fingerprint density at radius 2 is 1.73 bits per heavy atom. The molecule has 10 nitrogen and oxygen atoms in total. The lowest BCUT2D eigenvalue weighted by Gasteiger charge is -2.46. The molecule has 2 aliphatic rings. The van der Waals surface area contributed by atoms with Crippen molar-refractivity contribution in [2.45, 2.75) is 38.4 Å². The molecule has 10 heteroatoms. The molecule has 1 aromatic heterocycles. The molecule has 2 aromatic rings. The zero-order valence-corrected chi connectivity index (χ0v) is 18.3. The molecule has 33 heavy (non-hydrogen) atoms. The number of carbonyl (C=O) groups excluding carboxylic acids is 4. The second kappa shape index (κ2) is 9.78. The minimum Gasteiger partial charge on any atom is -0.326 e. The number of carbonyl (C=O) groups is 4.